The molecule has 0 amide bonds. The lowest BCUT2D eigenvalue weighted by Crippen LogP contribution is -2.54. The zero-order valence-corrected chi connectivity index (χ0v) is 11.5. The number of hydrogen-bond acceptors (Lipinski definition) is 4. The molecule has 2 rings (SSSR count). The first-order valence-corrected chi connectivity index (χ1v) is 6.83. The molecule has 1 saturated heterocycles. The summed E-state index contributed by atoms with van der Waals surface area (Å²) >= 11 is 7.55. The lowest BCUT2D eigenvalue weighted by Gasteiger charge is -2.36. The maximum Gasteiger partial charge on any atom is 0.325 e. The van der Waals surface area contributed by atoms with Crippen molar-refractivity contribution in [3.05, 3.63) is 21.3 Å². The van der Waals surface area contributed by atoms with Gasteiger partial charge in [0.15, 0.2) is 0 Å². The number of nitrogens with one attached hydrogen (secondary N) is 1. The summed E-state index contributed by atoms with van der Waals surface area (Å²) in [5, 5.41) is 3.25. The average molecular weight is 274 g/mol. The number of piperidine rings is 1. The summed E-state index contributed by atoms with van der Waals surface area (Å²) < 4.78 is 5.66. The fourth-order valence-electron chi connectivity index (χ4n) is 2.36. The Kier molecular flexibility index (Phi) is 3.76. The Labute approximate surface area is 110 Å². The van der Waals surface area contributed by atoms with Gasteiger partial charge in [0.2, 0.25) is 0 Å². The monoisotopic (exact) mass is 273 g/mol. The van der Waals surface area contributed by atoms with Gasteiger partial charge in [-0.15, -0.1) is 11.3 Å². The van der Waals surface area contributed by atoms with Crippen molar-refractivity contribution < 1.29 is 9.53 Å². The van der Waals surface area contributed by atoms with Crippen LogP contribution >= 0.6 is 22.9 Å². The Hall–Kier alpha value is -0.580. The Morgan fingerprint density at radius 2 is 2.41 bits per heavy atom. The highest BCUT2D eigenvalue weighted by molar-refractivity contribution is 7.16. The molecule has 0 bridgehead atoms. The van der Waals surface area contributed by atoms with Crippen molar-refractivity contribution in [3.63, 3.8) is 0 Å². The molecular weight excluding hydrogens is 258 g/mol. The average Bonchev–Trinajstić information content (AvgIpc) is 2.75. The maximum atomic E-state index is 11.8. The van der Waals surface area contributed by atoms with Crippen LogP contribution < -0.4 is 5.32 Å². The quantitative estimate of drug-likeness (QED) is 0.842. The third kappa shape index (κ3) is 2.64. The minimum Gasteiger partial charge on any atom is -0.468 e. The molecule has 0 spiro atoms. The lowest BCUT2D eigenvalue weighted by atomic mass is 9.82. The van der Waals surface area contributed by atoms with Crippen LogP contribution in [0.4, 0.5) is 0 Å². The second kappa shape index (κ2) is 4.96. The van der Waals surface area contributed by atoms with Crippen LogP contribution in [0.2, 0.25) is 4.34 Å². The van der Waals surface area contributed by atoms with E-state index in [0.717, 1.165) is 23.7 Å². The molecule has 3 nitrogen and oxygen atoms in total. The van der Waals surface area contributed by atoms with Gasteiger partial charge in [-0.05, 0) is 44.4 Å². The largest absolute Gasteiger partial charge is 0.468 e. The number of hydrogen-bond donors (Lipinski definition) is 1. The highest BCUT2D eigenvalue weighted by Gasteiger charge is 2.40. The van der Waals surface area contributed by atoms with Crippen LogP contribution in [0.15, 0.2) is 12.1 Å². The molecule has 17 heavy (non-hydrogen) atoms. The molecule has 1 fully saturated rings. The number of ether oxygens (including phenoxy) is 1. The molecule has 0 aliphatic carbocycles. The van der Waals surface area contributed by atoms with Gasteiger partial charge in [0, 0.05) is 4.88 Å². The first kappa shape index (κ1) is 12.9. The zero-order valence-electron chi connectivity index (χ0n) is 9.96. The highest BCUT2D eigenvalue weighted by atomic mass is 35.5. The Morgan fingerprint density at radius 3 is 3.00 bits per heavy atom. The number of methoxy groups -OCH3 is 1. The lowest BCUT2D eigenvalue weighted by molar-refractivity contribution is -0.149. The van der Waals surface area contributed by atoms with Crippen LogP contribution in [0.3, 0.4) is 0 Å². The number of esters is 1. The van der Waals surface area contributed by atoms with E-state index in [4.69, 9.17) is 16.3 Å². The molecule has 0 aromatic carbocycles. The predicted octanol–water partition coefficient (Wildman–Crippen LogP) is 2.80. The van der Waals surface area contributed by atoms with Crippen LogP contribution in [-0.2, 0) is 9.53 Å². The maximum absolute atomic E-state index is 11.8. The molecule has 1 aliphatic heterocycles. The molecule has 1 aromatic heterocycles. The van der Waals surface area contributed by atoms with Crippen molar-refractivity contribution >= 4 is 28.9 Å². The topological polar surface area (TPSA) is 38.3 Å². The molecule has 5 heteroatoms. The van der Waals surface area contributed by atoms with Gasteiger partial charge in [-0.3, -0.25) is 4.79 Å². The Bertz CT molecular complexity index is 420. The van der Waals surface area contributed by atoms with Gasteiger partial charge in [-0.25, -0.2) is 0 Å². The summed E-state index contributed by atoms with van der Waals surface area (Å²) in [5.74, 6) is 0.197. The van der Waals surface area contributed by atoms with Gasteiger partial charge in [0.25, 0.3) is 0 Å². The van der Waals surface area contributed by atoms with Gasteiger partial charge < -0.3 is 10.1 Å². The second-order valence-corrected chi connectivity index (χ2v) is 6.33. The summed E-state index contributed by atoms with van der Waals surface area (Å²) in [6.45, 7) is 2.73. The summed E-state index contributed by atoms with van der Waals surface area (Å²) in [6, 6.07) is 3.97. The van der Waals surface area contributed by atoms with Crippen molar-refractivity contribution in [1.29, 1.82) is 0 Å². The smallest absolute Gasteiger partial charge is 0.325 e. The standard InChI is InChI=1S/C12H16ClNO2S/c1-12(11(15)16-2)7-8(5-6-14-12)9-3-4-10(13)17-9/h3-4,8,14H,5-7H2,1-2H3. The molecule has 1 aliphatic rings. The van der Waals surface area contributed by atoms with Gasteiger partial charge in [-0.2, -0.15) is 0 Å². The van der Waals surface area contributed by atoms with Crippen molar-refractivity contribution in [2.75, 3.05) is 13.7 Å². The van der Waals surface area contributed by atoms with Crippen molar-refractivity contribution in [1.82, 2.24) is 5.32 Å². The van der Waals surface area contributed by atoms with Crippen LogP contribution in [0.1, 0.15) is 30.6 Å². The third-order valence-corrected chi connectivity index (χ3v) is 4.69. The zero-order chi connectivity index (χ0) is 12.5. The highest BCUT2D eigenvalue weighted by Crippen LogP contribution is 2.37. The van der Waals surface area contributed by atoms with Gasteiger partial charge in [0.1, 0.15) is 5.54 Å². The van der Waals surface area contributed by atoms with E-state index in [1.165, 1.54) is 12.0 Å². The molecule has 1 aromatic rings. The van der Waals surface area contributed by atoms with Crippen molar-refractivity contribution in [3.8, 4) is 0 Å². The molecule has 2 atom stereocenters. The number of carbonyl (C=O) groups excluding carboxylic acids is 1. The minimum absolute atomic E-state index is 0.190. The fraction of sp³-hybridized carbons (Fsp3) is 0.583. The number of rotatable bonds is 2. The van der Waals surface area contributed by atoms with Crippen molar-refractivity contribution in [2.45, 2.75) is 31.2 Å². The summed E-state index contributed by atoms with van der Waals surface area (Å²) in [7, 11) is 1.43. The van der Waals surface area contributed by atoms with E-state index >= 15 is 0 Å². The number of halogens is 1. The van der Waals surface area contributed by atoms with Crippen LogP contribution in [-0.4, -0.2) is 25.2 Å². The fourth-order valence-corrected chi connectivity index (χ4v) is 3.56. The second-order valence-electron chi connectivity index (χ2n) is 4.58. The van der Waals surface area contributed by atoms with Gasteiger partial charge in [-0.1, -0.05) is 11.6 Å². The molecule has 94 valence electrons. The molecular formula is C12H16ClNO2S. The van der Waals surface area contributed by atoms with Crippen LogP contribution in [0, 0.1) is 0 Å². The number of thiophene rings is 1. The van der Waals surface area contributed by atoms with Crippen LogP contribution in [0.25, 0.3) is 0 Å². The van der Waals surface area contributed by atoms with E-state index in [9.17, 15) is 4.79 Å². The first-order chi connectivity index (χ1) is 8.05. The molecule has 0 saturated carbocycles. The van der Waals surface area contributed by atoms with E-state index in [0.29, 0.717) is 5.92 Å². The predicted molar refractivity (Wildman–Crippen MR) is 69.7 cm³/mol. The summed E-state index contributed by atoms with van der Waals surface area (Å²) in [4.78, 5) is 13.0. The summed E-state index contributed by atoms with van der Waals surface area (Å²) in [6.07, 6.45) is 1.79. The summed E-state index contributed by atoms with van der Waals surface area (Å²) in [5.41, 5.74) is -0.575. The molecule has 1 N–H and O–H groups in total. The van der Waals surface area contributed by atoms with Crippen LogP contribution in [0.5, 0.6) is 0 Å². The van der Waals surface area contributed by atoms with E-state index < -0.39 is 5.54 Å². The van der Waals surface area contributed by atoms with E-state index in [-0.39, 0.29) is 5.97 Å². The molecule has 2 unspecified atom stereocenters. The van der Waals surface area contributed by atoms with Gasteiger partial charge >= 0.3 is 5.97 Å². The minimum atomic E-state index is -0.575. The van der Waals surface area contributed by atoms with Crippen molar-refractivity contribution in [2.24, 2.45) is 0 Å². The van der Waals surface area contributed by atoms with E-state index in [1.54, 1.807) is 11.3 Å². The normalized spacial score (nSPS) is 29.0. The molecule has 0 radical (unpaired) electrons. The Morgan fingerprint density at radius 1 is 1.65 bits per heavy atom. The first-order valence-electron chi connectivity index (χ1n) is 5.64. The SMILES string of the molecule is COC(=O)C1(C)CC(c2ccc(Cl)s2)CCN1. The number of carbonyl (C=O) groups is 1. The Balaban J connectivity index is 2.14. The third-order valence-electron chi connectivity index (χ3n) is 3.29. The van der Waals surface area contributed by atoms with E-state index in [1.807, 2.05) is 13.0 Å². The molecule has 2 heterocycles. The van der Waals surface area contributed by atoms with E-state index in [2.05, 4.69) is 11.4 Å². The van der Waals surface area contributed by atoms with Gasteiger partial charge in [0.05, 0.1) is 11.4 Å².